The van der Waals surface area contributed by atoms with Crippen molar-refractivity contribution >= 4 is 11.9 Å². The van der Waals surface area contributed by atoms with Crippen LogP contribution in [0.15, 0.2) is 0 Å². The summed E-state index contributed by atoms with van der Waals surface area (Å²) < 4.78 is 0. The Balaban J connectivity index is 2.64. The predicted molar refractivity (Wildman–Crippen MR) is 56.4 cm³/mol. The Labute approximate surface area is 90.3 Å². The molecule has 0 aromatic heterocycles. The number of hydrogen-bond acceptors (Lipinski definition) is 2. The molecule has 4 heteroatoms. The highest BCUT2D eigenvalue weighted by Gasteiger charge is 2.33. The molecule has 1 aliphatic heterocycles. The zero-order valence-electron chi connectivity index (χ0n) is 9.62. The molecule has 1 unspecified atom stereocenters. The molecule has 86 valence electrons. The lowest BCUT2D eigenvalue weighted by molar-refractivity contribution is -0.148. The second kappa shape index (κ2) is 4.21. The van der Waals surface area contributed by atoms with Gasteiger partial charge in [0.15, 0.2) is 0 Å². The number of carboxylic acid groups (broad SMARTS) is 1. The molecule has 0 saturated carbocycles. The van der Waals surface area contributed by atoms with Crippen LogP contribution < -0.4 is 0 Å². The highest BCUT2D eigenvalue weighted by molar-refractivity contribution is 5.82. The molecule has 0 radical (unpaired) electrons. The summed E-state index contributed by atoms with van der Waals surface area (Å²) >= 11 is 0. The Kier molecular flexibility index (Phi) is 3.37. The van der Waals surface area contributed by atoms with Gasteiger partial charge in [-0.1, -0.05) is 20.8 Å². The SMILES string of the molecule is CC(C)(C)C(=O)N1CCCC(C(=O)O)C1. The average Bonchev–Trinajstić information content (AvgIpc) is 2.15. The first-order valence-corrected chi connectivity index (χ1v) is 5.34. The topological polar surface area (TPSA) is 57.6 Å². The van der Waals surface area contributed by atoms with Crippen molar-refractivity contribution in [2.75, 3.05) is 13.1 Å². The zero-order valence-corrected chi connectivity index (χ0v) is 9.62. The minimum atomic E-state index is -0.790. The number of carboxylic acids is 1. The lowest BCUT2D eigenvalue weighted by Gasteiger charge is -2.34. The van der Waals surface area contributed by atoms with E-state index in [1.807, 2.05) is 20.8 Å². The van der Waals surface area contributed by atoms with Crippen LogP contribution in [-0.4, -0.2) is 35.0 Å². The van der Waals surface area contributed by atoms with Gasteiger partial charge >= 0.3 is 5.97 Å². The zero-order chi connectivity index (χ0) is 11.6. The number of hydrogen-bond donors (Lipinski definition) is 1. The molecule has 1 rings (SSSR count). The van der Waals surface area contributed by atoms with Gasteiger partial charge in [0.1, 0.15) is 0 Å². The number of carbonyl (C=O) groups is 2. The van der Waals surface area contributed by atoms with Crippen LogP contribution in [0, 0.1) is 11.3 Å². The van der Waals surface area contributed by atoms with Gasteiger partial charge in [-0.3, -0.25) is 9.59 Å². The maximum absolute atomic E-state index is 11.9. The van der Waals surface area contributed by atoms with Crippen LogP contribution in [-0.2, 0) is 9.59 Å². The van der Waals surface area contributed by atoms with Crippen molar-refractivity contribution in [1.29, 1.82) is 0 Å². The summed E-state index contributed by atoms with van der Waals surface area (Å²) in [6.07, 6.45) is 1.47. The summed E-state index contributed by atoms with van der Waals surface area (Å²) in [4.78, 5) is 24.4. The van der Waals surface area contributed by atoms with E-state index in [0.29, 0.717) is 19.5 Å². The minimum Gasteiger partial charge on any atom is -0.481 e. The van der Waals surface area contributed by atoms with Gasteiger partial charge in [0.05, 0.1) is 5.92 Å². The standard InChI is InChI=1S/C11H19NO3/c1-11(2,3)10(15)12-6-4-5-8(7-12)9(13)14/h8H,4-7H2,1-3H3,(H,13,14). The molecule has 0 bridgehead atoms. The Bertz CT molecular complexity index is 267. The number of rotatable bonds is 1. The average molecular weight is 213 g/mol. The van der Waals surface area contributed by atoms with Gasteiger partial charge in [-0.2, -0.15) is 0 Å². The first-order chi connectivity index (χ1) is 6.82. The molecule has 1 aliphatic rings. The first-order valence-electron chi connectivity index (χ1n) is 5.34. The third-order valence-electron chi connectivity index (χ3n) is 2.70. The molecule has 0 aliphatic carbocycles. The van der Waals surface area contributed by atoms with Crippen LogP contribution in [0.2, 0.25) is 0 Å². The molecule has 0 aromatic rings. The summed E-state index contributed by atoms with van der Waals surface area (Å²) in [7, 11) is 0. The van der Waals surface area contributed by atoms with Crippen molar-refractivity contribution in [1.82, 2.24) is 4.90 Å². The third-order valence-corrected chi connectivity index (χ3v) is 2.70. The van der Waals surface area contributed by atoms with E-state index in [9.17, 15) is 9.59 Å². The molecule has 1 saturated heterocycles. The fourth-order valence-corrected chi connectivity index (χ4v) is 1.84. The normalized spacial score (nSPS) is 22.6. The monoisotopic (exact) mass is 213 g/mol. The summed E-state index contributed by atoms with van der Waals surface area (Å²) in [5.41, 5.74) is -0.416. The molecule has 4 nitrogen and oxygen atoms in total. The predicted octanol–water partition coefficient (Wildman–Crippen LogP) is 1.36. The van der Waals surface area contributed by atoms with Crippen LogP contribution in [0.4, 0.5) is 0 Å². The van der Waals surface area contributed by atoms with E-state index < -0.39 is 11.4 Å². The van der Waals surface area contributed by atoms with E-state index in [1.165, 1.54) is 0 Å². The van der Waals surface area contributed by atoms with Crippen molar-refractivity contribution in [3.05, 3.63) is 0 Å². The van der Waals surface area contributed by atoms with E-state index >= 15 is 0 Å². The van der Waals surface area contributed by atoms with Gasteiger partial charge in [-0.15, -0.1) is 0 Å². The van der Waals surface area contributed by atoms with Crippen LogP contribution >= 0.6 is 0 Å². The summed E-state index contributed by atoms with van der Waals surface area (Å²) in [6.45, 7) is 6.64. The highest BCUT2D eigenvalue weighted by Crippen LogP contribution is 2.23. The van der Waals surface area contributed by atoms with E-state index in [4.69, 9.17) is 5.11 Å². The molecule has 1 fully saturated rings. The molecule has 15 heavy (non-hydrogen) atoms. The van der Waals surface area contributed by atoms with Crippen LogP contribution in [0.1, 0.15) is 33.6 Å². The number of piperidine rings is 1. The van der Waals surface area contributed by atoms with E-state index in [0.717, 1.165) is 6.42 Å². The Morgan fingerprint density at radius 3 is 2.40 bits per heavy atom. The molecule has 1 amide bonds. The lowest BCUT2D eigenvalue weighted by Crippen LogP contribution is -2.46. The Morgan fingerprint density at radius 2 is 1.93 bits per heavy atom. The van der Waals surface area contributed by atoms with Crippen molar-refractivity contribution in [3.63, 3.8) is 0 Å². The first kappa shape index (κ1) is 12.0. The lowest BCUT2D eigenvalue weighted by atomic mass is 9.91. The largest absolute Gasteiger partial charge is 0.481 e. The van der Waals surface area contributed by atoms with Crippen LogP contribution in [0.25, 0.3) is 0 Å². The van der Waals surface area contributed by atoms with E-state index in [2.05, 4.69) is 0 Å². The highest BCUT2D eigenvalue weighted by atomic mass is 16.4. The van der Waals surface area contributed by atoms with Gasteiger partial charge in [0.2, 0.25) is 5.91 Å². The van der Waals surface area contributed by atoms with Crippen molar-refractivity contribution in [3.8, 4) is 0 Å². The number of likely N-dealkylation sites (tertiary alicyclic amines) is 1. The number of amides is 1. The fraction of sp³-hybridized carbons (Fsp3) is 0.818. The molecular weight excluding hydrogens is 194 g/mol. The van der Waals surface area contributed by atoms with Gasteiger partial charge in [0, 0.05) is 18.5 Å². The van der Waals surface area contributed by atoms with E-state index in [1.54, 1.807) is 4.90 Å². The second-order valence-corrected chi connectivity index (χ2v) is 5.18. The third kappa shape index (κ3) is 2.94. The molecule has 0 aromatic carbocycles. The van der Waals surface area contributed by atoms with Crippen molar-refractivity contribution < 1.29 is 14.7 Å². The maximum Gasteiger partial charge on any atom is 0.308 e. The summed E-state index contributed by atoms with van der Waals surface area (Å²) in [5, 5.41) is 8.90. The fourth-order valence-electron chi connectivity index (χ4n) is 1.84. The van der Waals surface area contributed by atoms with Crippen LogP contribution in [0.3, 0.4) is 0 Å². The quantitative estimate of drug-likeness (QED) is 0.715. The minimum absolute atomic E-state index is 0.0495. The summed E-state index contributed by atoms with van der Waals surface area (Å²) in [5.74, 6) is -1.13. The van der Waals surface area contributed by atoms with Gasteiger partial charge in [-0.25, -0.2) is 0 Å². The van der Waals surface area contributed by atoms with Gasteiger partial charge in [0.25, 0.3) is 0 Å². The Morgan fingerprint density at radius 1 is 1.33 bits per heavy atom. The molecule has 0 spiro atoms. The van der Waals surface area contributed by atoms with Gasteiger partial charge < -0.3 is 10.0 Å². The maximum atomic E-state index is 11.9. The van der Waals surface area contributed by atoms with Crippen molar-refractivity contribution in [2.24, 2.45) is 11.3 Å². The number of carbonyl (C=O) groups excluding carboxylic acids is 1. The molecule has 1 heterocycles. The Hall–Kier alpha value is -1.06. The molecular formula is C11H19NO3. The molecule has 1 atom stereocenters. The second-order valence-electron chi connectivity index (χ2n) is 5.18. The van der Waals surface area contributed by atoms with Crippen LogP contribution in [0.5, 0.6) is 0 Å². The number of aliphatic carboxylic acids is 1. The summed E-state index contributed by atoms with van der Waals surface area (Å²) in [6, 6.07) is 0. The van der Waals surface area contributed by atoms with Gasteiger partial charge in [-0.05, 0) is 12.8 Å². The van der Waals surface area contributed by atoms with E-state index in [-0.39, 0.29) is 11.8 Å². The smallest absolute Gasteiger partial charge is 0.308 e. The molecule has 1 N–H and O–H groups in total. The number of nitrogens with zero attached hydrogens (tertiary/aromatic N) is 1. The van der Waals surface area contributed by atoms with Crippen molar-refractivity contribution in [2.45, 2.75) is 33.6 Å².